The lowest BCUT2D eigenvalue weighted by Crippen LogP contribution is -2.27. The highest BCUT2D eigenvalue weighted by Gasteiger charge is 2.15. The fourth-order valence-electron chi connectivity index (χ4n) is 2.58. The highest BCUT2D eigenvalue weighted by Crippen LogP contribution is 2.27. The zero-order chi connectivity index (χ0) is 14.4. The predicted molar refractivity (Wildman–Crippen MR) is 78.2 cm³/mol. The number of aryl methyl sites for hydroxylation is 1. The number of hydrogen-bond donors (Lipinski definition) is 1. The van der Waals surface area contributed by atoms with Crippen LogP contribution in [0.4, 0.5) is 5.69 Å². The SMILES string of the molecule is Cc1ccc([N+](=O)[O-])c(OCCCNC2CCCC2)c1. The van der Waals surface area contributed by atoms with Crippen LogP contribution in [0.15, 0.2) is 18.2 Å². The maximum absolute atomic E-state index is 10.9. The molecule has 1 N–H and O–H groups in total. The molecule has 0 atom stereocenters. The van der Waals surface area contributed by atoms with E-state index in [0.717, 1.165) is 18.5 Å². The number of benzene rings is 1. The van der Waals surface area contributed by atoms with Crippen LogP contribution in [0, 0.1) is 17.0 Å². The summed E-state index contributed by atoms with van der Waals surface area (Å²) >= 11 is 0. The minimum atomic E-state index is -0.397. The quantitative estimate of drug-likeness (QED) is 0.472. The van der Waals surface area contributed by atoms with Crippen LogP contribution < -0.4 is 10.1 Å². The lowest BCUT2D eigenvalue weighted by molar-refractivity contribution is -0.385. The van der Waals surface area contributed by atoms with Crippen LogP contribution in [0.1, 0.15) is 37.7 Å². The third-order valence-electron chi connectivity index (χ3n) is 3.68. The van der Waals surface area contributed by atoms with Gasteiger partial charge in [-0.1, -0.05) is 18.9 Å². The van der Waals surface area contributed by atoms with E-state index >= 15 is 0 Å². The molecule has 0 radical (unpaired) electrons. The highest BCUT2D eigenvalue weighted by molar-refractivity contribution is 5.48. The average molecular weight is 278 g/mol. The van der Waals surface area contributed by atoms with Crippen LogP contribution in [0.2, 0.25) is 0 Å². The van der Waals surface area contributed by atoms with Crippen LogP contribution >= 0.6 is 0 Å². The van der Waals surface area contributed by atoms with E-state index in [0.29, 0.717) is 18.4 Å². The Morgan fingerprint density at radius 3 is 2.85 bits per heavy atom. The number of nitrogens with one attached hydrogen (secondary N) is 1. The minimum absolute atomic E-state index is 0.0411. The van der Waals surface area contributed by atoms with Gasteiger partial charge < -0.3 is 10.1 Å². The van der Waals surface area contributed by atoms with Gasteiger partial charge in [0.2, 0.25) is 0 Å². The molecule has 0 saturated heterocycles. The first-order valence-corrected chi connectivity index (χ1v) is 7.28. The summed E-state index contributed by atoms with van der Waals surface area (Å²) in [7, 11) is 0. The summed E-state index contributed by atoms with van der Waals surface area (Å²) in [4.78, 5) is 10.5. The molecule has 1 aromatic rings. The van der Waals surface area contributed by atoms with Crippen molar-refractivity contribution < 1.29 is 9.66 Å². The number of nitro groups is 1. The summed E-state index contributed by atoms with van der Waals surface area (Å²) in [5, 5.41) is 14.4. The number of rotatable bonds is 7. The first-order chi connectivity index (χ1) is 9.66. The van der Waals surface area contributed by atoms with Gasteiger partial charge in [0.05, 0.1) is 11.5 Å². The zero-order valence-corrected chi connectivity index (χ0v) is 11.9. The van der Waals surface area contributed by atoms with Gasteiger partial charge in [0.15, 0.2) is 5.75 Å². The second-order valence-corrected chi connectivity index (χ2v) is 5.37. The van der Waals surface area contributed by atoms with Crippen molar-refractivity contribution in [2.75, 3.05) is 13.2 Å². The van der Waals surface area contributed by atoms with Gasteiger partial charge in [0, 0.05) is 12.1 Å². The summed E-state index contributed by atoms with van der Waals surface area (Å²) in [6.07, 6.45) is 6.04. The van der Waals surface area contributed by atoms with Crippen LogP contribution in [-0.4, -0.2) is 24.1 Å². The molecule has 0 amide bonds. The Bertz CT molecular complexity index is 456. The maximum atomic E-state index is 10.9. The molecule has 1 saturated carbocycles. The van der Waals surface area contributed by atoms with Crippen molar-refractivity contribution in [1.82, 2.24) is 5.32 Å². The molecule has 1 aliphatic rings. The van der Waals surface area contributed by atoms with Crippen molar-refractivity contribution in [3.8, 4) is 5.75 Å². The van der Waals surface area contributed by atoms with Crippen molar-refractivity contribution in [2.45, 2.75) is 45.1 Å². The summed E-state index contributed by atoms with van der Waals surface area (Å²) in [6.45, 7) is 3.31. The van der Waals surface area contributed by atoms with Gasteiger partial charge in [-0.2, -0.15) is 0 Å². The van der Waals surface area contributed by atoms with Gasteiger partial charge in [0.1, 0.15) is 0 Å². The minimum Gasteiger partial charge on any atom is -0.487 e. The second-order valence-electron chi connectivity index (χ2n) is 5.37. The molecule has 5 heteroatoms. The van der Waals surface area contributed by atoms with E-state index < -0.39 is 4.92 Å². The largest absolute Gasteiger partial charge is 0.487 e. The second kappa shape index (κ2) is 7.24. The number of nitrogens with zero attached hydrogens (tertiary/aromatic N) is 1. The molecule has 0 unspecified atom stereocenters. The van der Waals surface area contributed by atoms with Crippen LogP contribution in [0.3, 0.4) is 0 Å². The van der Waals surface area contributed by atoms with Crippen LogP contribution in [0.5, 0.6) is 5.75 Å². The van der Waals surface area contributed by atoms with Gasteiger partial charge in [-0.05, 0) is 44.4 Å². The molecule has 0 bridgehead atoms. The van der Waals surface area contributed by atoms with Crippen LogP contribution in [0.25, 0.3) is 0 Å². The first kappa shape index (κ1) is 14.8. The Morgan fingerprint density at radius 2 is 2.15 bits per heavy atom. The maximum Gasteiger partial charge on any atom is 0.310 e. The molecular formula is C15H22N2O3. The summed E-state index contributed by atoms with van der Waals surface area (Å²) < 4.78 is 5.56. The lowest BCUT2D eigenvalue weighted by Gasteiger charge is -2.12. The van der Waals surface area contributed by atoms with Gasteiger partial charge in [0.25, 0.3) is 0 Å². The first-order valence-electron chi connectivity index (χ1n) is 7.28. The normalized spacial score (nSPS) is 15.4. The fourth-order valence-corrected chi connectivity index (χ4v) is 2.58. The Morgan fingerprint density at radius 1 is 1.40 bits per heavy atom. The molecule has 1 aromatic carbocycles. The summed E-state index contributed by atoms with van der Waals surface area (Å²) in [5.41, 5.74) is 1.01. The van der Waals surface area contributed by atoms with Crippen molar-refractivity contribution >= 4 is 5.69 Å². The van der Waals surface area contributed by atoms with Gasteiger partial charge >= 0.3 is 5.69 Å². The van der Waals surface area contributed by atoms with Crippen molar-refractivity contribution in [3.05, 3.63) is 33.9 Å². The van der Waals surface area contributed by atoms with E-state index in [1.165, 1.54) is 31.7 Å². The molecule has 110 valence electrons. The molecule has 1 aliphatic carbocycles. The molecule has 5 nitrogen and oxygen atoms in total. The molecule has 0 aromatic heterocycles. The molecule has 0 aliphatic heterocycles. The smallest absolute Gasteiger partial charge is 0.310 e. The predicted octanol–water partition coefficient (Wildman–Crippen LogP) is 3.20. The number of ether oxygens (including phenoxy) is 1. The fraction of sp³-hybridized carbons (Fsp3) is 0.600. The standard InChI is InChI=1S/C15H22N2O3/c1-12-7-8-14(17(18)19)15(11-12)20-10-4-9-16-13-5-2-3-6-13/h7-8,11,13,16H,2-6,9-10H2,1H3. The molecule has 0 spiro atoms. The number of nitro benzene ring substituents is 1. The van der Waals surface area contributed by atoms with E-state index in [4.69, 9.17) is 4.74 Å². The molecular weight excluding hydrogens is 256 g/mol. The Balaban J connectivity index is 1.75. The third kappa shape index (κ3) is 4.20. The third-order valence-corrected chi connectivity index (χ3v) is 3.68. The van der Waals surface area contributed by atoms with Crippen molar-refractivity contribution in [1.29, 1.82) is 0 Å². The molecule has 2 rings (SSSR count). The summed E-state index contributed by atoms with van der Waals surface area (Å²) in [5.74, 6) is 0.371. The summed E-state index contributed by atoms with van der Waals surface area (Å²) in [6, 6.07) is 5.61. The topological polar surface area (TPSA) is 64.4 Å². The van der Waals surface area contributed by atoms with Gasteiger partial charge in [-0.25, -0.2) is 0 Å². The molecule has 0 heterocycles. The lowest BCUT2D eigenvalue weighted by atomic mass is 10.2. The van der Waals surface area contributed by atoms with Crippen molar-refractivity contribution in [3.63, 3.8) is 0 Å². The highest BCUT2D eigenvalue weighted by atomic mass is 16.6. The van der Waals surface area contributed by atoms with Gasteiger partial charge in [-0.3, -0.25) is 10.1 Å². The Kier molecular flexibility index (Phi) is 5.35. The Labute approximate surface area is 119 Å². The van der Waals surface area contributed by atoms with E-state index in [-0.39, 0.29) is 5.69 Å². The number of hydrogen-bond acceptors (Lipinski definition) is 4. The van der Waals surface area contributed by atoms with E-state index in [2.05, 4.69) is 5.32 Å². The Hall–Kier alpha value is -1.62. The molecule has 20 heavy (non-hydrogen) atoms. The monoisotopic (exact) mass is 278 g/mol. The van der Waals surface area contributed by atoms with Gasteiger partial charge in [-0.15, -0.1) is 0 Å². The zero-order valence-electron chi connectivity index (χ0n) is 11.9. The molecule has 1 fully saturated rings. The van der Waals surface area contributed by atoms with E-state index in [1.807, 2.05) is 6.92 Å². The van der Waals surface area contributed by atoms with Crippen LogP contribution in [-0.2, 0) is 0 Å². The van der Waals surface area contributed by atoms with E-state index in [1.54, 1.807) is 12.1 Å². The van der Waals surface area contributed by atoms with E-state index in [9.17, 15) is 10.1 Å². The average Bonchev–Trinajstić information content (AvgIpc) is 2.91. The van der Waals surface area contributed by atoms with Crippen molar-refractivity contribution in [2.24, 2.45) is 0 Å².